The van der Waals surface area contributed by atoms with Gasteiger partial charge in [-0.15, -0.1) is 0 Å². The Morgan fingerprint density at radius 2 is 1.78 bits per heavy atom. The van der Waals surface area contributed by atoms with E-state index in [0.29, 0.717) is 29.7 Å². The first kappa shape index (κ1) is 31.6. The number of para-hydroxylation sites is 1. The van der Waals surface area contributed by atoms with Gasteiger partial charge in [-0.25, -0.2) is 4.79 Å². The molecule has 0 heterocycles. The first-order chi connectivity index (χ1) is 16.6. The highest BCUT2D eigenvalue weighted by Gasteiger charge is 2.38. The highest BCUT2D eigenvalue weighted by molar-refractivity contribution is 7.98. The Hall–Kier alpha value is -2.42. The Bertz CT molecular complexity index is 892. The molecule has 3 N–H and O–H groups in total. The number of alkyl carbamates (subject to hydrolysis) is 1. The summed E-state index contributed by atoms with van der Waals surface area (Å²) in [6.45, 7) is 14.9. The number of rotatable bonds is 11. The van der Waals surface area contributed by atoms with Crippen LogP contribution >= 0.6 is 11.8 Å². The Morgan fingerprint density at radius 1 is 1.14 bits per heavy atom. The number of hydrogen-bond donors (Lipinski definition) is 3. The molecule has 0 aliphatic heterocycles. The monoisotopic (exact) mass is 523 g/mol. The number of benzene rings is 1. The van der Waals surface area contributed by atoms with Gasteiger partial charge >= 0.3 is 6.09 Å². The van der Waals surface area contributed by atoms with Gasteiger partial charge in [0, 0.05) is 17.6 Å². The Labute approximate surface area is 220 Å². The zero-order valence-electron chi connectivity index (χ0n) is 23.4. The van der Waals surface area contributed by atoms with Crippen LogP contribution in [0, 0.1) is 6.92 Å². The minimum absolute atomic E-state index is 0.0263. The maximum Gasteiger partial charge on any atom is 0.408 e. The summed E-state index contributed by atoms with van der Waals surface area (Å²) < 4.78 is 5.41. The van der Waals surface area contributed by atoms with Crippen molar-refractivity contribution in [3.63, 3.8) is 0 Å². The number of ether oxygens (including phenoxy) is 1. The van der Waals surface area contributed by atoms with Crippen LogP contribution in [0.25, 0.3) is 0 Å². The molecule has 1 aromatic carbocycles. The molecular weight excluding hydrogens is 478 g/mol. The van der Waals surface area contributed by atoms with Crippen molar-refractivity contribution in [2.45, 2.75) is 97.9 Å². The van der Waals surface area contributed by atoms with Gasteiger partial charge in [0.05, 0.1) is 0 Å². The molecule has 1 rings (SSSR count). The molecule has 0 aliphatic carbocycles. The average Bonchev–Trinajstić information content (AvgIpc) is 2.73. The van der Waals surface area contributed by atoms with Gasteiger partial charge in [-0.3, -0.25) is 9.59 Å². The van der Waals surface area contributed by atoms with Crippen molar-refractivity contribution < 1.29 is 24.2 Å². The minimum Gasteiger partial charge on any atom is -0.507 e. The van der Waals surface area contributed by atoms with Crippen molar-refractivity contribution in [2.75, 3.05) is 18.6 Å². The van der Waals surface area contributed by atoms with E-state index in [1.54, 1.807) is 57.7 Å². The number of aryl methyl sites for hydroxylation is 1. The molecule has 0 fully saturated rings. The largest absolute Gasteiger partial charge is 0.507 e. The fraction of sp³-hybridized carbons (Fsp3) is 0.667. The van der Waals surface area contributed by atoms with E-state index in [0.717, 1.165) is 6.42 Å². The van der Waals surface area contributed by atoms with Crippen LogP contribution in [-0.2, 0) is 14.3 Å². The average molecular weight is 524 g/mol. The molecule has 2 unspecified atom stereocenters. The third-order valence-corrected chi connectivity index (χ3v) is 5.90. The van der Waals surface area contributed by atoms with Crippen LogP contribution in [0.5, 0.6) is 5.75 Å². The first-order valence-electron chi connectivity index (χ1n) is 12.5. The van der Waals surface area contributed by atoms with Crippen LogP contribution in [0.15, 0.2) is 18.2 Å². The highest BCUT2D eigenvalue weighted by atomic mass is 32.2. The lowest BCUT2D eigenvalue weighted by molar-refractivity contribution is -0.143. The second-order valence-electron chi connectivity index (χ2n) is 11.0. The lowest BCUT2D eigenvalue weighted by Gasteiger charge is -2.36. The number of phenolic OH excluding ortho intramolecular Hbond substituents is 1. The van der Waals surface area contributed by atoms with E-state index in [2.05, 4.69) is 10.6 Å². The number of carbonyl (C=O) groups is 3. The van der Waals surface area contributed by atoms with Gasteiger partial charge in [0.1, 0.15) is 23.4 Å². The number of amides is 3. The molecular formula is C27H45N3O5S. The van der Waals surface area contributed by atoms with Gasteiger partial charge in [0.15, 0.2) is 0 Å². The molecule has 0 radical (unpaired) electrons. The van der Waals surface area contributed by atoms with Gasteiger partial charge in [0.25, 0.3) is 0 Å². The quantitative estimate of drug-likeness (QED) is 0.380. The van der Waals surface area contributed by atoms with Gasteiger partial charge in [0.2, 0.25) is 11.8 Å². The second kappa shape index (κ2) is 13.8. The predicted molar refractivity (Wildman–Crippen MR) is 146 cm³/mol. The predicted octanol–water partition coefficient (Wildman–Crippen LogP) is 4.93. The summed E-state index contributed by atoms with van der Waals surface area (Å²) in [5, 5.41) is 16.6. The van der Waals surface area contributed by atoms with Crippen LogP contribution in [0.1, 0.15) is 84.9 Å². The molecule has 0 saturated heterocycles. The van der Waals surface area contributed by atoms with E-state index in [9.17, 15) is 19.5 Å². The van der Waals surface area contributed by atoms with Crippen molar-refractivity contribution in [1.29, 1.82) is 0 Å². The summed E-state index contributed by atoms with van der Waals surface area (Å²) in [5.74, 6) is -0.184. The number of carbonyl (C=O) groups excluding carboxylic acids is 3. The van der Waals surface area contributed by atoms with Gasteiger partial charge in [-0.1, -0.05) is 31.5 Å². The molecule has 36 heavy (non-hydrogen) atoms. The van der Waals surface area contributed by atoms with E-state index in [4.69, 9.17) is 4.74 Å². The van der Waals surface area contributed by atoms with Crippen LogP contribution in [-0.4, -0.2) is 63.6 Å². The van der Waals surface area contributed by atoms with Crippen LogP contribution in [0.3, 0.4) is 0 Å². The normalized spacial score (nSPS) is 13.5. The lowest BCUT2D eigenvalue weighted by Crippen LogP contribution is -2.55. The maximum atomic E-state index is 14.0. The topological polar surface area (TPSA) is 108 Å². The molecule has 0 saturated carbocycles. The fourth-order valence-corrected chi connectivity index (χ4v) is 4.10. The fourth-order valence-electron chi connectivity index (χ4n) is 3.63. The van der Waals surface area contributed by atoms with Gasteiger partial charge in [-0.05, 0) is 78.9 Å². The molecule has 0 spiro atoms. The van der Waals surface area contributed by atoms with Crippen molar-refractivity contribution in [3.8, 4) is 5.75 Å². The van der Waals surface area contributed by atoms with Crippen LogP contribution < -0.4 is 10.6 Å². The second-order valence-corrected chi connectivity index (χ2v) is 12.0. The third-order valence-electron chi connectivity index (χ3n) is 5.26. The molecule has 204 valence electrons. The molecule has 0 aromatic heterocycles. The summed E-state index contributed by atoms with van der Waals surface area (Å²) >= 11 is 1.56. The van der Waals surface area contributed by atoms with E-state index >= 15 is 0 Å². The summed E-state index contributed by atoms with van der Waals surface area (Å²) in [4.78, 5) is 41.8. The van der Waals surface area contributed by atoms with Crippen LogP contribution in [0.4, 0.5) is 4.79 Å². The van der Waals surface area contributed by atoms with E-state index in [1.807, 2.05) is 34.0 Å². The van der Waals surface area contributed by atoms with E-state index in [-0.39, 0.29) is 12.3 Å². The van der Waals surface area contributed by atoms with Crippen molar-refractivity contribution in [2.24, 2.45) is 0 Å². The van der Waals surface area contributed by atoms with E-state index < -0.39 is 41.1 Å². The Balaban J connectivity index is 3.56. The highest BCUT2D eigenvalue weighted by Crippen LogP contribution is 2.33. The number of nitrogens with one attached hydrogen (secondary N) is 2. The third kappa shape index (κ3) is 10.3. The number of hydrogen-bond acceptors (Lipinski definition) is 6. The minimum atomic E-state index is -1.07. The first-order valence-corrected chi connectivity index (χ1v) is 13.9. The molecule has 9 heteroatoms. The van der Waals surface area contributed by atoms with Crippen molar-refractivity contribution in [1.82, 2.24) is 15.5 Å². The maximum absolute atomic E-state index is 14.0. The Kier molecular flexibility index (Phi) is 12.1. The lowest BCUT2D eigenvalue weighted by atomic mass is 9.97. The summed E-state index contributed by atoms with van der Waals surface area (Å²) in [6.07, 6.45) is 3.06. The smallest absolute Gasteiger partial charge is 0.408 e. The molecule has 0 aliphatic rings. The summed E-state index contributed by atoms with van der Waals surface area (Å²) in [5.41, 5.74) is -0.320. The Morgan fingerprint density at radius 3 is 2.31 bits per heavy atom. The van der Waals surface area contributed by atoms with Crippen LogP contribution in [0.2, 0.25) is 0 Å². The molecule has 2 atom stereocenters. The van der Waals surface area contributed by atoms with Gasteiger partial charge in [-0.2, -0.15) is 11.8 Å². The summed E-state index contributed by atoms with van der Waals surface area (Å²) in [6, 6.07) is 3.22. The number of unbranched alkanes of at least 4 members (excludes halogenated alkanes) is 1. The number of thioether (sulfide) groups is 1. The zero-order valence-corrected chi connectivity index (χ0v) is 24.2. The number of phenols is 1. The summed E-state index contributed by atoms with van der Waals surface area (Å²) in [7, 11) is 0. The van der Waals surface area contributed by atoms with Crippen molar-refractivity contribution in [3.05, 3.63) is 29.3 Å². The SMILES string of the molecule is CCCCN(C(=O)C(CCSC)NC(=O)OC(C)(C)C)C(C(=O)NC(C)(C)C)c1cccc(C)c1O. The number of aromatic hydroxyl groups is 1. The number of nitrogens with zero attached hydrogens (tertiary/aromatic N) is 1. The van der Waals surface area contributed by atoms with E-state index in [1.165, 1.54) is 4.90 Å². The molecule has 3 amide bonds. The zero-order chi connectivity index (χ0) is 27.7. The molecule has 1 aromatic rings. The van der Waals surface area contributed by atoms with Gasteiger partial charge < -0.3 is 25.4 Å². The molecule has 0 bridgehead atoms. The standard InChI is InChI=1S/C27H45N3O5S/c1-10-11-16-30(24(33)20(15-17-36-9)28-25(34)35-27(6,7)8)21(23(32)29-26(3,4)5)19-14-12-13-18(2)22(19)31/h12-14,20-21,31H,10-11,15-17H2,1-9H3,(H,28,34)(H,29,32). The van der Waals surface area contributed by atoms with Crippen molar-refractivity contribution >= 4 is 29.7 Å². The molecule has 8 nitrogen and oxygen atoms in total.